The van der Waals surface area contributed by atoms with E-state index in [1.165, 1.54) is 25.7 Å². The summed E-state index contributed by atoms with van der Waals surface area (Å²) in [5.41, 5.74) is 0.389. The Labute approximate surface area is 173 Å². The first-order valence-corrected chi connectivity index (χ1v) is 10.8. The molecule has 7 heteroatoms. The second-order valence-corrected chi connectivity index (χ2v) is 8.98. The van der Waals surface area contributed by atoms with Crippen molar-refractivity contribution >= 4 is 17.8 Å². The molecule has 0 radical (unpaired) electrons. The Bertz CT molecular complexity index is 691. The van der Waals surface area contributed by atoms with Crippen molar-refractivity contribution in [2.45, 2.75) is 77.5 Å². The maximum Gasteiger partial charge on any atom is 0.410 e. The highest BCUT2D eigenvalue weighted by Crippen LogP contribution is 2.21. The average molecular weight is 403 g/mol. The number of nitrogens with one attached hydrogen (secondary N) is 1. The number of ether oxygens (including phenoxy) is 1. The fourth-order valence-electron chi connectivity index (χ4n) is 3.89. The van der Waals surface area contributed by atoms with Crippen molar-refractivity contribution in [2.75, 3.05) is 24.5 Å². The number of carbonyl (C=O) groups is 2. The van der Waals surface area contributed by atoms with Crippen LogP contribution in [0, 0.1) is 0 Å². The van der Waals surface area contributed by atoms with Crippen molar-refractivity contribution in [2.24, 2.45) is 0 Å². The highest BCUT2D eigenvalue weighted by molar-refractivity contribution is 5.86. The lowest BCUT2D eigenvalue weighted by Gasteiger charge is -2.28. The Hall–Kier alpha value is -2.31. The first-order chi connectivity index (χ1) is 13.8. The molecule has 7 nitrogen and oxygen atoms in total. The third kappa shape index (κ3) is 6.08. The highest BCUT2D eigenvalue weighted by atomic mass is 16.6. The van der Waals surface area contributed by atoms with E-state index in [-0.39, 0.29) is 5.91 Å². The number of anilines is 1. The predicted molar refractivity (Wildman–Crippen MR) is 113 cm³/mol. The predicted octanol–water partition coefficient (Wildman–Crippen LogP) is 3.48. The summed E-state index contributed by atoms with van der Waals surface area (Å²) in [6, 6.07) is 3.59. The van der Waals surface area contributed by atoms with E-state index in [1.54, 1.807) is 4.90 Å². The summed E-state index contributed by atoms with van der Waals surface area (Å²) < 4.78 is 5.44. The van der Waals surface area contributed by atoms with Crippen LogP contribution in [0.5, 0.6) is 0 Å². The lowest BCUT2D eigenvalue weighted by atomic mass is 10.2. The van der Waals surface area contributed by atoms with Crippen LogP contribution in [-0.4, -0.2) is 53.2 Å². The standard InChI is InChI=1S/C22H34N4O3/c1-22(2,3)29-21(28)26-14-8-9-18(26)20(27)24-16-17-10-11-19(23-15-17)25-12-6-4-5-7-13-25/h10-11,15,18H,4-9,12-14,16H2,1-3H3,(H,24,27)/t18-/m0/s1. The molecule has 160 valence electrons. The second kappa shape index (κ2) is 9.46. The van der Waals surface area contributed by atoms with Gasteiger partial charge in [-0.2, -0.15) is 0 Å². The van der Waals surface area contributed by atoms with Gasteiger partial charge in [-0.25, -0.2) is 9.78 Å². The molecule has 1 aromatic heterocycles. The maximum absolute atomic E-state index is 12.7. The third-order valence-electron chi connectivity index (χ3n) is 5.39. The molecule has 0 saturated carbocycles. The Kier molecular flexibility index (Phi) is 6.98. The molecule has 0 bridgehead atoms. The van der Waals surface area contributed by atoms with E-state index in [9.17, 15) is 9.59 Å². The van der Waals surface area contributed by atoms with Crippen LogP contribution >= 0.6 is 0 Å². The zero-order chi connectivity index (χ0) is 20.9. The third-order valence-corrected chi connectivity index (χ3v) is 5.39. The Morgan fingerprint density at radius 3 is 2.45 bits per heavy atom. The zero-order valence-electron chi connectivity index (χ0n) is 17.9. The number of hydrogen-bond acceptors (Lipinski definition) is 5. The molecule has 1 aromatic rings. The largest absolute Gasteiger partial charge is 0.444 e. The van der Waals surface area contributed by atoms with Crippen LogP contribution in [0.2, 0.25) is 0 Å². The van der Waals surface area contributed by atoms with E-state index in [2.05, 4.69) is 15.2 Å². The van der Waals surface area contributed by atoms with E-state index < -0.39 is 17.7 Å². The monoisotopic (exact) mass is 402 g/mol. The number of aromatic nitrogens is 1. The second-order valence-electron chi connectivity index (χ2n) is 8.98. The van der Waals surface area contributed by atoms with Crippen molar-refractivity contribution in [3.05, 3.63) is 23.9 Å². The van der Waals surface area contributed by atoms with Crippen LogP contribution in [0.4, 0.5) is 10.6 Å². The van der Waals surface area contributed by atoms with Gasteiger partial charge in [0.2, 0.25) is 5.91 Å². The van der Waals surface area contributed by atoms with Crippen LogP contribution in [0.3, 0.4) is 0 Å². The van der Waals surface area contributed by atoms with Gasteiger partial charge in [0.25, 0.3) is 0 Å². The summed E-state index contributed by atoms with van der Waals surface area (Å²) in [6.45, 7) is 8.58. The summed E-state index contributed by atoms with van der Waals surface area (Å²) in [4.78, 5) is 33.5. The van der Waals surface area contributed by atoms with Gasteiger partial charge in [-0.15, -0.1) is 0 Å². The fraction of sp³-hybridized carbons (Fsp3) is 0.682. The summed E-state index contributed by atoms with van der Waals surface area (Å²) >= 11 is 0. The van der Waals surface area contributed by atoms with Crippen molar-refractivity contribution in [1.29, 1.82) is 0 Å². The molecule has 3 heterocycles. The van der Waals surface area contributed by atoms with Crippen molar-refractivity contribution in [3.8, 4) is 0 Å². The van der Waals surface area contributed by atoms with Gasteiger partial charge in [-0.05, 0) is 58.1 Å². The number of hydrogen-bond donors (Lipinski definition) is 1. The van der Waals surface area contributed by atoms with Crippen molar-refractivity contribution in [1.82, 2.24) is 15.2 Å². The number of carbonyl (C=O) groups excluding carboxylic acids is 2. The molecule has 0 aromatic carbocycles. The number of likely N-dealkylation sites (tertiary alicyclic amines) is 1. The summed E-state index contributed by atoms with van der Waals surface area (Å²) in [5.74, 6) is 0.874. The van der Waals surface area contributed by atoms with Crippen LogP contribution in [-0.2, 0) is 16.1 Å². The van der Waals surface area contributed by atoms with E-state index >= 15 is 0 Å². The summed E-state index contributed by atoms with van der Waals surface area (Å²) in [7, 11) is 0. The molecule has 1 N–H and O–H groups in total. The smallest absolute Gasteiger partial charge is 0.410 e. The molecule has 2 fully saturated rings. The SMILES string of the molecule is CC(C)(C)OC(=O)N1CCC[C@H]1C(=O)NCc1ccc(N2CCCCCC2)nc1. The van der Waals surface area contributed by atoms with Gasteiger partial charge in [-0.1, -0.05) is 18.9 Å². The molecule has 0 aliphatic carbocycles. The summed E-state index contributed by atoms with van der Waals surface area (Å²) in [6.07, 6.45) is 7.91. The molecule has 1 atom stereocenters. The molecule has 0 spiro atoms. The number of pyridine rings is 1. The number of amides is 2. The van der Waals surface area contributed by atoms with Gasteiger partial charge in [-0.3, -0.25) is 9.69 Å². The van der Waals surface area contributed by atoms with Crippen LogP contribution in [0.25, 0.3) is 0 Å². The van der Waals surface area contributed by atoms with Gasteiger partial charge in [0.1, 0.15) is 17.5 Å². The van der Waals surface area contributed by atoms with E-state index in [4.69, 9.17) is 4.74 Å². The molecule has 2 aliphatic heterocycles. The average Bonchev–Trinajstić information content (AvgIpc) is 3.01. The molecule has 29 heavy (non-hydrogen) atoms. The molecule has 3 rings (SSSR count). The lowest BCUT2D eigenvalue weighted by Crippen LogP contribution is -2.47. The molecule has 2 aliphatic rings. The van der Waals surface area contributed by atoms with E-state index in [0.717, 1.165) is 30.9 Å². The quantitative estimate of drug-likeness (QED) is 0.835. The maximum atomic E-state index is 12.7. The van der Waals surface area contributed by atoms with Gasteiger partial charge < -0.3 is 15.0 Å². The number of nitrogens with zero attached hydrogens (tertiary/aromatic N) is 3. The van der Waals surface area contributed by atoms with Crippen LogP contribution in [0.1, 0.15) is 64.9 Å². The molecular formula is C22H34N4O3. The first kappa shape index (κ1) is 21.4. The minimum Gasteiger partial charge on any atom is -0.444 e. The van der Waals surface area contributed by atoms with E-state index in [0.29, 0.717) is 19.5 Å². The minimum atomic E-state index is -0.568. The Balaban J connectivity index is 1.52. The number of rotatable bonds is 4. The normalized spacial score (nSPS) is 20.3. The van der Waals surface area contributed by atoms with Crippen LogP contribution < -0.4 is 10.2 Å². The molecule has 0 unspecified atom stereocenters. The van der Waals surface area contributed by atoms with Crippen molar-refractivity contribution < 1.29 is 14.3 Å². The topological polar surface area (TPSA) is 74.8 Å². The summed E-state index contributed by atoms with van der Waals surface area (Å²) in [5, 5.41) is 2.96. The zero-order valence-corrected chi connectivity index (χ0v) is 17.9. The van der Waals surface area contributed by atoms with Crippen LogP contribution in [0.15, 0.2) is 18.3 Å². The minimum absolute atomic E-state index is 0.134. The molecule has 2 amide bonds. The lowest BCUT2D eigenvalue weighted by molar-refractivity contribution is -0.125. The van der Waals surface area contributed by atoms with E-state index in [1.807, 2.05) is 39.1 Å². The Morgan fingerprint density at radius 2 is 1.83 bits per heavy atom. The molecule has 2 saturated heterocycles. The van der Waals surface area contributed by atoms with Gasteiger partial charge in [0, 0.05) is 32.4 Å². The van der Waals surface area contributed by atoms with Gasteiger partial charge >= 0.3 is 6.09 Å². The van der Waals surface area contributed by atoms with Gasteiger partial charge in [0.15, 0.2) is 0 Å². The highest BCUT2D eigenvalue weighted by Gasteiger charge is 2.36. The Morgan fingerprint density at radius 1 is 1.10 bits per heavy atom. The van der Waals surface area contributed by atoms with Gasteiger partial charge in [0.05, 0.1) is 0 Å². The first-order valence-electron chi connectivity index (χ1n) is 10.8. The van der Waals surface area contributed by atoms with Crippen molar-refractivity contribution in [3.63, 3.8) is 0 Å². The fourth-order valence-corrected chi connectivity index (χ4v) is 3.89. The molecular weight excluding hydrogens is 368 g/mol.